The largest absolute Gasteiger partial charge is 0.309 e. The third-order valence-corrected chi connectivity index (χ3v) is 5.71. The molecule has 0 fully saturated rings. The summed E-state index contributed by atoms with van der Waals surface area (Å²) in [6.07, 6.45) is 2.27. The Morgan fingerprint density at radius 3 is 3.00 bits per heavy atom. The van der Waals surface area contributed by atoms with Crippen molar-refractivity contribution in [2.45, 2.75) is 42.3 Å². The molecule has 0 saturated heterocycles. The minimum Gasteiger partial charge on any atom is -0.309 e. The van der Waals surface area contributed by atoms with E-state index < -0.39 is 0 Å². The van der Waals surface area contributed by atoms with Crippen LogP contribution in [0.3, 0.4) is 0 Å². The van der Waals surface area contributed by atoms with E-state index in [-0.39, 0.29) is 0 Å². The summed E-state index contributed by atoms with van der Waals surface area (Å²) >= 11 is 3.38. The van der Waals surface area contributed by atoms with Gasteiger partial charge in [0.1, 0.15) is 5.82 Å². The first-order valence-corrected chi connectivity index (χ1v) is 8.71. The van der Waals surface area contributed by atoms with Crippen molar-refractivity contribution in [3.8, 4) is 0 Å². The summed E-state index contributed by atoms with van der Waals surface area (Å²) < 4.78 is 5.37. The lowest BCUT2D eigenvalue weighted by atomic mass is 10.1. The van der Waals surface area contributed by atoms with Crippen LogP contribution in [0.15, 0.2) is 28.6 Å². The van der Waals surface area contributed by atoms with E-state index in [1.165, 1.54) is 22.7 Å². The van der Waals surface area contributed by atoms with Gasteiger partial charge in [0.15, 0.2) is 4.34 Å². The predicted molar refractivity (Wildman–Crippen MR) is 85.5 cm³/mol. The lowest BCUT2D eigenvalue weighted by Gasteiger charge is -2.20. The average molecular weight is 305 g/mol. The first-order chi connectivity index (χ1) is 9.78. The molecule has 1 aromatic heterocycles. The number of benzene rings is 1. The average Bonchev–Trinajstić information content (AvgIpc) is 3.00. The van der Waals surface area contributed by atoms with Gasteiger partial charge >= 0.3 is 0 Å². The maximum absolute atomic E-state index is 4.49. The fourth-order valence-corrected chi connectivity index (χ4v) is 4.83. The molecule has 1 aromatic carbocycles. The summed E-state index contributed by atoms with van der Waals surface area (Å²) in [6.45, 7) is 5.23. The van der Waals surface area contributed by atoms with Crippen LogP contribution in [-0.2, 0) is 6.42 Å². The number of hydrogen-bond acceptors (Lipinski definition) is 5. The molecule has 2 unspecified atom stereocenters. The number of thioether (sulfide) groups is 1. The fourth-order valence-electron chi connectivity index (χ4n) is 2.66. The molecule has 0 spiro atoms. The molecule has 0 bridgehead atoms. The molecule has 1 aliphatic rings. The van der Waals surface area contributed by atoms with Gasteiger partial charge in [-0.2, -0.15) is 4.37 Å². The first-order valence-electron chi connectivity index (χ1n) is 7.06. The summed E-state index contributed by atoms with van der Waals surface area (Å²) in [7, 11) is 0. The second kappa shape index (κ2) is 6.24. The number of fused-ring (bicyclic) bond motifs is 1. The molecule has 0 saturated carbocycles. The lowest BCUT2D eigenvalue weighted by Crippen LogP contribution is -2.27. The minimum absolute atomic E-state index is 0.431. The van der Waals surface area contributed by atoms with Crippen LogP contribution in [-0.4, -0.2) is 21.2 Å². The van der Waals surface area contributed by atoms with Crippen molar-refractivity contribution in [1.29, 1.82) is 0 Å². The summed E-state index contributed by atoms with van der Waals surface area (Å²) in [6, 6.07) is 9.22. The molecule has 3 rings (SSSR count). The Morgan fingerprint density at radius 1 is 1.40 bits per heavy atom. The zero-order valence-electron chi connectivity index (χ0n) is 11.8. The summed E-state index contributed by atoms with van der Waals surface area (Å²) in [4.78, 5) is 4.49. The second-order valence-corrected chi connectivity index (χ2v) is 7.34. The van der Waals surface area contributed by atoms with Gasteiger partial charge in [0.05, 0.1) is 0 Å². The number of nitrogens with one attached hydrogen (secondary N) is 1. The van der Waals surface area contributed by atoms with E-state index in [0.29, 0.717) is 11.3 Å². The van der Waals surface area contributed by atoms with Crippen LogP contribution in [0.4, 0.5) is 0 Å². The predicted octanol–water partition coefficient (Wildman–Crippen LogP) is 3.60. The molecule has 106 valence electrons. The topological polar surface area (TPSA) is 37.8 Å². The number of aromatic nitrogens is 2. The molecule has 1 N–H and O–H groups in total. The molecule has 0 amide bonds. The molecular weight excluding hydrogens is 286 g/mol. The smallest absolute Gasteiger partial charge is 0.170 e. The van der Waals surface area contributed by atoms with E-state index in [2.05, 4.69) is 45.9 Å². The van der Waals surface area contributed by atoms with E-state index in [0.717, 1.165) is 29.6 Å². The van der Waals surface area contributed by atoms with Gasteiger partial charge in [0.25, 0.3) is 0 Å². The normalized spacial score (nSPS) is 21.1. The molecular formula is C15H19N3S2. The number of nitrogens with zero attached hydrogens (tertiary/aromatic N) is 2. The molecule has 20 heavy (non-hydrogen) atoms. The van der Waals surface area contributed by atoms with Crippen molar-refractivity contribution in [2.75, 3.05) is 6.54 Å². The summed E-state index contributed by atoms with van der Waals surface area (Å²) in [5.41, 5.74) is 2.93. The zero-order chi connectivity index (χ0) is 13.9. The van der Waals surface area contributed by atoms with E-state index in [4.69, 9.17) is 0 Å². The molecule has 1 heterocycles. The van der Waals surface area contributed by atoms with E-state index >= 15 is 0 Å². The van der Waals surface area contributed by atoms with Crippen LogP contribution in [0.5, 0.6) is 0 Å². The highest BCUT2D eigenvalue weighted by molar-refractivity contribution is 8.01. The maximum atomic E-state index is 4.49. The Kier molecular flexibility index (Phi) is 4.38. The van der Waals surface area contributed by atoms with E-state index in [1.807, 2.05) is 18.7 Å². The highest BCUT2D eigenvalue weighted by Crippen LogP contribution is 2.41. The SMILES string of the molecule is CCCNC1c2ccccc2CC1Sc1nc(C)ns1. The number of rotatable bonds is 5. The van der Waals surface area contributed by atoms with E-state index in [1.54, 1.807) is 0 Å². The Hall–Kier alpha value is -0.910. The van der Waals surface area contributed by atoms with Gasteiger partial charge in [-0.05, 0) is 49.0 Å². The fraction of sp³-hybridized carbons (Fsp3) is 0.467. The van der Waals surface area contributed by atoms with Gasteiger partial charge in [-0.25, -0.2) is 4.98 Å². The van der Waals surface area contributed by atoms with Gasteiger partial charge in [-0.1, -0.05) is 43.0 Å². The Labute approximate surface area is 128 Å². The highest BCUT2D eigenvalue weighted by atomic mass is 32.2. The van der Waals surface area contributed by atoms with Crippen LogP contribution in [0.25, 0.3) is 0 Å². The van der Waals surface area contributed by atoms with Crippen molar-refractivity contribution in [3.05, 3.63) is 41.2 Å². The van der Waals surface area contributed by atoms with Crippen LogP contribution >= 0.6 is 23.3 Å². The van der Waals surface area contributed by atoms with Gasteiger partial charge in [0, 0.05) is 11.3 Å². The molecule has 5 heteroatoms. The minimum atomic E-state index is 0.431. The lowest BCUT2D eigenvalue weighted by molar-refractivity contribution is 0.539. The van der Waals surface area contributed by atoms with Crippen molar-refractivity contribution >= 4 is 23.3 Å². The summed E-state index contributed by atoms with van der Waals surface area (Å²) in [5, 5.41) is 4.22. The Morgan fingerprint density at radius 2 is 2.25 bits per heavy atom. The summed E-state index contributed by atoms with van der Waals surface area (Å²) in [5.74, 6) is 0.881. The van der Waals surface area contributed by atoms with Gasteiger partial charge in [0.2, 0.25) is 0 Å². The number of hydrogen-bond donors (Lipinski definition) is 1. The molecule has 2 atom stereocenters. The zero-order valence-corrected chi connectivity index (χ0v) is 13.4. The molecule has 3 nitrogen and oxygen atoms in total. The number of aryl methyl sites for hydroxylation is 1. The van der Waals surface area contributed by atoms with Crippen LogP contribution in [0.1, 0.15) is 36.3 Å². The quantitative estimate of drug-likeness (QED) is 0.916. The Balaban J connectivity index is 1.79. The monoisotopic (exact) mass is 305 g/mol. The van der Waals surface area contributed by atoms with Gasteiger partial charge in [-0.15, -0.1) is 0 Å². The Bertz CT molecular complexity index is 582. The van der Waals surface area contributed by atoms with Gasteiger partial charge < -0.3 is 5.32 Å². The van der Waals surface area contributed by atoms with Crippen LogP contribution in [0, 0.1) is 6.92 Å². The van der Waals surface area contributed by atoms with Crippen LogP contribution < -0.4 is 5.32 Å². The van der Waals surface area contributed by atoms with Gasteiger partial charge in [-0.3, -0.25) is 0 Å². The first kappa shape index (κ1) is 14.0. The standard InChI is InChI=1S/C15H19N3S2/c1-3-8-16-14-12-7-5-4-6-11(12)9-13(14)19-15-17-10(2)18-20-15/h4-7,13-14,16H,3,8-9H2,1-2H3. The molecule has 0 radical (unpaired) electrons. The van der Waals surface area contributed by atoms with Crippen molar-refractivity contribution in [2.24, 2.45) is 0 Å². The van der Waals surface area contributed by atoms with E-state index in [9.17, 15) is 0 Å². The van der Waals surface area contributed by atoms with Crippen molar-refractivity contribution in [3.63, 3.8) is 0 Å². The van der Waals surface area contributed by atoms with Crippen LogP contribution in [0.2, 0.25) is 0 Å². The van der Waals surface area contributed by atoms with Crippen molar-refractivity contribution in [1.82, 2.24) is 14.7 Å². The second-order valence-electron chi connectivity index (χ2n) is 5.10. The van der Waals surface area contributed by atoms with Crippen molar-refractivity contribution < 1.29 is 0 Å². The third kappa shape index (κ3) is 2.90. The highest BCUT2D eigenvalue weighted by Gasteiger charge is 2.33. The molecule has 0 aliphatic heterocycles. The molecule has 2 aromatic rings. The maximum Gasteiger partial charge on any atom is 0.170 e. The molecule has 1 aliphatic carbocycles. The third-order valence-electron chi connectivity index (χ3n) is 3.56.